The zero-order chi connectivity index (χ0) is 22.2. The highest BCUT2D eigenvalue weighted by atomic mass is 16.5. The van der Waals surface area contributed by atoms with Gasteiger partial charge in [0.1, 0.15) is 0 Å². The van der Waals surface area contributed by atoms with Crippen LogP contribution < -0.4 is 10.6 Å². The van der Waals surface area contributed by atoms with E-state index < -0.39 is 0 Å². The Balaban J connectivity index is 1.48. The van der Waals surface area contributed by atoms with E-state index in [9.17, 15) is 0 Å². The predicted molar refractivity (Wildman–Crippen MR) is 124 cm³/mol. The molecular weight excluding hydrogens is 390 g/mol. The minimum atomic E-state index is 0.243. The summed E-state index contributed by atoms with van der Waals surface area (Å²) >= 11 is 0. The fourth-order valence-corrected chi connectivity index (χ4v) is 3.97. The molecular formula is C24H37N5O2. The molecule has 1 fully saturated rings. The fourth-order valence-electron chi connectivity index (χ4n) is 3.97. The SMILES string of the molecule is CN=C(NCc1cccc(COC2CCOCC2)c1)NC(C)Cc1c(C)nn(C)c1C. The number of ether oxygens (including phenoxy) is 2. The monoisotopic (exact) mass is 427 g/mol. The van der Waals surface area contributed by atoms with Gasteiger partial charge in [0.15, 0.2) is 5.96 Å². The van der Waals surface area contributed by atoms with Gasteiger partial charge in [-0.2, -0.15) is 5.10 Å². The van der Waals surface area contributed by atoms with Crippen LogP contribution in [0.1, 0.15) is 47.8 Å². The Morgan fingerprint density at radius 3 is 2.71 bits per heavy atom. The van der Waals surface area contributed by atoms with Crippen LogP contribution in [0.15, 0.2) is 29.3 Å². The Labute approximate surface area is 186 Å². The highest BCUT2D eigenvalue weighted by Crippen LogP contribution is 2.15. The number of hydrogen-bond donors (Lipinski definition) is 2. The first kappa shape index (κ1) is 23.3. The van der Waals surface area contributed by atoms with Gasteiger partial charge >= 0.3 is 0 Å². The molecule has 0 amide bonds. The van der Waals surface area contributed by atoms with Crippen LogP contribution in [0.25, 0.3) is 0 Å². The summed E-state index contributed by atoms with van der Waals surface area (Å²) in [6.45, 7) is 9.33. The molecule has 2 aromatic rings. The molecule has 7 nitrogen and oxygen atoms in total. The van der Waals surface area contributed by atoms with E-state index in [4.69, 9.17) is 9.47 Å². The van der Waals surface area contributed by atoms with Crippen LogP contribution in [0, 0.1) is 13.8 Å². The van der Waals surface area contributed by atoms with Crippen LogP contribution in [-0.2, 0) is 36.1 Å². The van der Waals surface area contributed by atoms with Gasteiger partial charge in [-0.1, -0.05) is 24.3 Å². The molecule has 1 aromatic carbocycles. The van der Waals surface area contributed by atoms with Crippen molar-refractivity contribution in [2.75, 3.05) is 20.3 Å². The molecule has 1 saturated heterocycles. The largest absolute Gasteiger partial charge is 0.381 e. The number of aliphatic imine (C=N–C) groups is 1. The Bertz CT molecular complexity index is 871. The first-order valence-corrected chi connectivity index (χ1v) is 11.2. The maximum atomic E-state index is 6.06. The second-order valence-electron chi connectivity index (χ2n) is 8.39. The van der Waals surface area contributed by atoms with E-state index in [-0.39, 0.29) is 6.04 Å². The van der Waals surface area contributed by atoms with Crippen molar-refractivity contribution in [3.05, 3.63) is 52.3 Å². The number of nitrogens with one attached hydrogen (secondary N) is 2. The van der Waals surface area contributed by atoms with Crippen molar-refractivity contribution in [2.45, 2.75) is 65.3 Å². The van der Waals surface area contributed by atoms with E-state index in [1.165, 1.54) is 22.4 Å². The molecule has 0 spiro atoms. The maximum absolute atomic E-state index is 6.06. The van der Waals surface area contributed by atoms with E-state index in [0.717, 1.165) is 44.1 Å². The van der Waals surface area contributed by atoms with E-state index in [2.05, 4.69) is 65.8 Å². The summed E-state index contributed by atoms with van der Waals surface area (Å²) in [6.07, 6.45) is 3.19. The first-order chi connectivity index (χ1) is 15.0. The van der Waals surface area contributed by atoms with Gasteiger partial charge in [-0.25, -0.2) is 0 Å². The highest BCUT2D eigenvalue weighted by molar-refractivity contribution is 5.79. The number of aryl methyl sites for hydroxylation is 2. The summed E-state index contributed by atoms with van der Waals surface area (Å²) in [5.41, 5.74) is 6.02. The summed E-state index contributed by atoms with van der Waals surface area (Å²) in [7, 11) is 3.80. The lowest BCUT2D eigenvalue weighted by atomic mass is 10.1. The average molecular weight is 428 g/mol. The molecule has 170 valence electrons. The van der Waals surface area contributed by atoms with Gasteiger partial charge in [0.05, 0.1) is 18.4 Å². The zero-order valence-electron chi connectivity index (χ0n) is 19.6. The van der Waals surface area contributed by atoms with Crippen LogP contribution in [0.5, 0.6) is 0 Å². The zero-order valence-corrected chi connectivity index (χ0v) is 19.6. The minimum Gasteiger partial charge on any atom is -0.381 e. The molecule has 3 rings (SSSR count). The lowest BCUT2D eigenvalue weighted by molar-refractivity contribution is -0.0390. The van der Waals surface area contributed by atoms with Crippen molar-refractivity contribution in [3.8, 4) is 0 Å². The predicted octanol–water partition coefficient (Wildman–Crippen LogP) is 3.03. The van der Waals surface area contributed by atoms with Crippen molar-refractivity contribution in [3.63, 3.8) is 0 Å². The van der Waals surface area contributed by atoms with Crippen LogP contribution in [0.4, 0.5) is 0 Å². The maximum Gasteiger partial charge on any atom is 0.191 e. The van der Waals surface area contributed by atoms with Gasteiger partial charge in [0.25, 0.3) is 0 Å². The number of hydrogen-bond acceptors (Lipinski definition) is 4. The van der Waals surface area contributed by atoms with Gasteiger partial charge in [-0.15, -0.1) is 0 Å². The molecule has 0 aliphatic carbocycles. The lowest BCUT2D eigenvalue weighted by Crippen LogP contribution is -2.42. The van der Waals surface area contributed by atoms with Crippen LogP contribution in [0.2, 0.25) is 0 Å². The molecule has 2 N–H and O–H groups in total. The van der Waals surface area contributed by atoms with Crippen molar-refractivity contribution in [2.24, 2.45) is 12.0 Å². The van der Waals surface area contributed by atoms with Gasteiger partial charge in [-0.3, -0.25) is 9.67 Å². The normalized spacial score (nSPS) is 16.4. The van der Waals surface area contributed by atoms with E-state index >= 15 is 0 Å². The summed E-state index contributed by atoms with van der Waals surface area (Å²) in [5, 5.41) is 11.4. The molecule has 31 heavy (non-hydrogen) atoms. The van der Waals surface area contributed by atoms with E-state index in [1.807, 2.05) is 11.7 Å². The molecule has 2 heterocycles. The van der Waals surface area contributed by atoms with Crippen LogP contribution >= 0.6 is 0 Å². The standard InChI is InChI=1S/C24H37N5O2/c1-17(13-23-18(2)28-29(5)19(23)3)27-24(25-4)26-15-20-7-6-8-21(14-20)16-31-22-9-11-30-12-10-22/h6-8,14,17,22H,9-13,15-16H2,1-5H3,(H2,25,26,27). The van der Waals surface area contributed by atoms with E-state index in [0.29, 0.717) is 19.3 Å². The molecule has 7 heteroatoms. The summed E-state index contributed by atoms with van der Waals surface area (Å²) in [4.78, 5) is 4.39. The number of benzene rings is 1. The molecule has 0 bridgehead atoms. The number of aromatic nitrogens is 2. The quantitative estimate of drug-likeness (QED) is 0.500. The molecule has 1 aliphatic rings. The third-order valence-electron chi connectivity index (χ3n) is 5.88. The summed E-state index contributed by atoms with van der Waals surface area (Å²) in [6, 6.07) is 8.78. The second kappa shape index (κ2) is 11.3. The van der Waals surface area contributed by atoms with Crippen molar-refractivity contribution in [1.82, 2.24) is 20.4 Å². The van der Waals surface area contributed by atoms with Crippen molar-refractivity contribution in [1.29, 1.82) is 0 Å². The molecule has 0 radical (unpaired) electrons. The lowest BCUT2D eigenvalue weighted by Gasteiger charge is -2.22. The van der Waals surface area contributed by atoms with Gasteiger partial charge in [-0.05, 0) is 56.7 Å². The topological polar surface area (TPSA) is 72.7 Å². The van der Waals surface area contributed by atoms with Gasteiger partial charge in [0, 0.05) is 45.6 Å². The molecule has 1 atom stereocenters. The molecule has 1 unspecified atom stereocenters. The minimum absolute atomic E-state index is 0.243. The molecule has 1 aliphatic heterocycles. The Morgan fingerprint density at radius 2 is 2.03 bits per heavy atom. The second-order valence-corrected chi connectivity index (χ2v) is 8.39. The third kappa shape index (κ3) is 6.80. The first-order valence-electron chi connectivity index (χ1n) is 11.2. The summed E-state index contributed by atoms with van der Waals surface area (Å²) < 4.78 is 13.4. The van der Waals surface area contributed by atoms with Gasteiger partial charge in [0.2, 0.25) is 0 Å². The van der Waals surface area contributed by atoms with Crippen molar-refractivity contribution < 1.29 is 9.47 Å². The number of rotatable bonds is 8. The van der Waals surface area contributed by atoms with Crippen LogP contribution in [0.3, 0.4) is 0 Å². The molecule has 1 aromatic heterocycles. The highest BCUT2D eigenvalue weighted by Gasteiger charge is 2.15. The summed E-state index contributed by atoms with van der Waals surface area (Å²) in [5.74, 6) is 0.801. The van der Waals surface area contributed by atoms with Crippen molar-refractivity contribution >= 4 is 5.96 Å². The number of guanidine groups is 1. The smallest absolute Gasteiger partial charge is 0.191 e. The Morgan fingerprint density at radius 1 is 1.29 bits per heavy atom. The van der Waals surface area contributed by atoms with E-state index in [1.54, 1.807) is 7.05 Å². The molecule has 0 saturated carbocycles. The Kier molecular flexibility index (Phi) is 8.49. The average Bonchev–Trinajstić information content (AvgIpc) is 3.02. The van der Waals surface area contributed by atoms with Crippen LogP contribution in [-0.4, -0.2) is 48.1 Å². The third-order valence-corrected chi connectivity index (χ3v) is 5.88. The van der Waals surface area contributed by atoms with Gasteiger partial charge < -0.3 is 20.1 Å². The fraction of sp³-hybridized carbons (Fsp3) is 0.583. The Hall–Kier alpha value is -2.38. The number of nitrogens with zero attached hydrogens (tertiary/aromatic N) is 3.